The number of ether oxygens (including phenoxy) is 2. The molecule has 0 saturated carbocycles. The molecule has 5 nitrogen and oxygen atoms in total. The zero-order chi connectivity index (χ0) is 25.6. The molecule has 0 amide bonds. The van der Waals surface area contributed by atoms with Gasteiger partial charge in [0, 0.05) is 30.1 Å². The van der Waals surface area contributed by atoms with Crippen molar-refractivity contribution in [3.63, 3.8) is 0 Å². The molecule has 0 radical (unpaired) electrons. The summed E-state index contributed by atoms with van der Waals surface area (Å²) in [6.45, 7) is 1.95. The highest BCUT2D eigenvalue weighted by Gasteiger charge is 2.11. The Bertz CT molecular complexity index is 1460. The minimum absolute atomic E-state index is 0. The van der Waals surface area contributed by atoms with E-state index in [-0.39, 0.29) is 18.2 Å². The van der Waals surface area contributed by atoms with Crippen molar-refractivity contribution < 1.29 is 14.6 Å². The first kappa shape index (κ1) is 27.1. The van der Waals surface area contributed by atoms with Crippen LogP contribution in [0.4, 0.5) is 0 Å². The Morgan fingerprint density at radius 1 is 0.763 bits per heavy atom. The summed E-state index contributed by atoms with van der Waals surface area (Å²) in [6.07, 6.45) is 3.81. The molecule has 38 heavy (non-hydrogen) atoms. The molecule has 1 heterocycles. The Hall–Kier alpha value is -3.93. The molecule has 0 fully saturated rings. The molecule has 0 atom stereocenters. The minimum atomic E-state index is 0. The number of phenols is 1. The maximum Gasteiger partial charge on any atom is 0.120 e. The summed E-state index contributed by atoms with van der Waals surface area (Å²) in [5.74, 6) is 1.99. The normalized spacial score (nSPS) is 10.8. The molecular weight excluding hydrogens is 496 g/mol. The van der Waals surface area contributed by atoms with Gasteiger partial charge in [-0.05, 0) is 83.2 Å². The Balaban J connectivity index is 0.00000336. The van der Waals surface area contributed by atoms with Crippen LogP contribution in [0.1, 0.15) is 16.7 Å². The van der Waals surface area contributed by atoms with Crippen LogP contribution >= 0.6 is 12.4 Å². The number of aromatic nitrogens is 1. The topological polar surface area (TPSA) is 69.6 Å². The molecule has 196 valence electrons. The van der Waals surface area contributed by atoms with Crippen LogP contribution in [0.15, 0.2) is 97.2 Å². The summed E-state index contributed by atoms with van der Waals surface area (Å²) in [6, 6.07) is 30.4. The molecule has 0 saturated heterocycles. The SMILES string of the molecule is COc1ccc(-c2ccc(Cn3cc(CCN)c4cc(OCCc5ccc(O)cc5)ccc43)cc2)cc1.Cl. The van der Waals surface area contributed by atoms with E-state index in [0.717, 1.165) is 36.4 Å². The summed E-state index contributed by atoms with van der Waals surface area (Å²) in [7, 11) is 1.68. The number of benzene rings is 4. The van der Waals surface area contributed by atoms with E-state index >= 15 is 0 Å². The number of rotatable bonds is 10. The van der Waals surface area contributed by atoms with Crippen LogP contribution < -0.4 is 15.2 Å². The Kier molecular flexibility index (Phi) is 8.95. The quantitative estimate of drug-likeness (QED) is 0.214. The maximum absolute atomic E-state index is 9.46. The first-order chi connectivity index (χ1) is 18.1. The van der Waals surface area contributed by atoms with Gasteiger partial charge in [-0.3, -0.25) is 0 Å². The standard InChI is InChI=1S/C32H32N2O3.ClH/c1-36-29-12-8-26(9-13-29)25-6-2-24(3-7-25)21-34-22-27(16-18-33)31-20-30(14-15-32(31)34)37-19-17-23-4-10-28(35)11-5-23;/h2-15,20,22,35H,16-19,21,33H2,1H3;1H. The number of phenolic OH excluding ortho intramolecular Hbond substituents is 1. The lowest BCUT2D eigenvalue weighted by Crippen LogP contribution is -2.02. The van der Waals surface area contributed by atoms with Crippen LogP contribution in [0.3, 0.4) is 0 Å². The van der Waals surface area contributed by atoms with Gasteiger partial charge < -0.3 is 24.9 Å². The average Bonchev–Trinajstić information content (AvgIpc) is 3.26. The number of hydrogen-bond acceptors (Lipinski definition) is 4. The third-order valence-electron chi connectivity index (χ3n) is 6.67. The van der Waals surface area contributed by atoms with Crippen LogP contribution in [-0.2, 0) is 19.4 Å². The van der Waals surface area contributed by atoms with E-state index in [4.69, 9.17) is 15.2 Å². The minimum Gasteiger partial charge on any atom is -0.508 e. The highest BCUT2D eigenvalue weighted by atomic mass is 35.5. The summed E-state index contributed by atoms with van der Waals surface area (Å²) >= 11 is 0. The average molecular weight is 529 g/mol. The molecule has 0 unspecified atom stereocenters. The molecular formula is C32H33ClN2O3. The number of nitrogens with two attached hydrogens (primary N) is 1. The third kappa shape index (κ3) is 6.31. The van der Waals surface area contributed by atoms with E-state index in [9.17, 15) is 5.11 Å². The van der Waals surface area contributed by atoms with Gasteiger partial charge in [-0.2, -0.15) is 0 Å². The van der Waals surface area contributed by atoms with Gasteiger partial charge in [0.2, 0.25) is 0 Å². The molecule has 4 aromatic carbocycles. The highest BCUT2D eigenvalue weighted by molar-refractivity contribution is 5.86. The van der Waals surface area contributed by atoms with Crippen LogP contribution in [0, 0.1) is 0 Å². The van der Waals surface area contributed by atoms with Crippen molar-refractivity contribution in [2.75, 3.05) is 20.3 Å². The van der Waals surface area contributed by atoms with Gasteiger partial charge in [-0.25, -0.2) is 0 Å². The molecule has 5 rings (SSSR count). The van der Waals surface area contributed by atoms with E-state index < -0.39 is 0 Å². The fourth-order valence-electron chi connectivity index (χ4n) is 4.66. The largest absolute Gasteiger partial charge is 0.508 e. The van der Waals surface area contributed by atoms with Crippen molar-refractivity contribution >= 4 is 23.3 Å². The van der Waals surface area contributed by atoms with E-state index in [0.29, 0.717) is 13.2 Å². The molecule has 0 bridgehead atoms. The number of methoxy groups -OCH3 is 1. The lowest BCUT2D eigenvalue weighted by molar-refractivity contribution is 0.322. The van der Waals surface area contributed by atoms with Crippen LogP contribution in [0.2, 0.25) is 0 Å². The van der Waals surface area contributed by atoms with Gasteiger partial charge in [0.25, 0.3) is 0 Å². The number of fused-ring (bicyclic) bond motifs is 1. The first-order valence-electron chi connectivity index (χ1n) is 12.6. The molecule has 0 aliphatic carbocycles. The molecule has 6 heteroatoms. The van der Waals surface area contributed by atoms with Crippen molar-refractivity contribution in [1.82, 2.24) is 4.57 Å². The zero-order valence-corrected chi connectivity index (χ0v) is 22.3. The monoisotopic (exact) mass is 528 g/mol. The van der Waals surface area contributed by atoms with Crippen molar-refractivity contribution in [3.05, 3.63) is 114 Å². The molecule has 0 spiro atoms. The number of hydrogen-bond donors (Lipinski definition) is 2. The highest BCUT2D eigenvalue weighted by Crippen LogP contribution is 2.28. The van der Waals surface area contributed by atoms with Crippen molar-refractivity contribution in [3.8, 4) is 28.4 Å². The van der Waals surface area contributed by atoms with Crippen molar-refractivity contribution in [1.29, 1.82) is 0 Å². The summed E-state index contributed by atoms with van der Waals surface area (Å²) < 4.78 is 13.6. The van der Waals surface area contributed by atoms with E-state index in [1.54, 1.807) is 19.2 Å². The van der Waals surface area contributed by atoms with Crippen molar-refractivity contribution in [2.24, 2.45) is 5.73 Å². The lowest BCUT2D eigenvalue weighted by atomic mass is 10.0. The summed E-state index contributed by atoms with van der Waals surface area (Å²) in [5, 5.41) is 10.6. The predicted octanol–water partition coefficient (Wildman–Crippen LogP) is 6.62. The number of nitrogens with zero attached hydrogens (tertiary/aromatic N) is 1. The van der Waals surface area contributed by atoms with Gasteiger partial charge in [0.15, 0.2) is 0 Å². The summed E-state index contributed by atoms with van der Waals surface area (Å²) in [4.78, 5) is 0. The number of halogens is 1. The van der Waals surface area contributed by atoms with Gasteiger partial charge in [0.1, 0.15) is 17.2 Å². The molecule has 0 aliphatic rings. The second-order valence-corrected chi connectivity index (χ2v) is 9.19. The fourth-order valence-corrected chi connectivity index (χ4v) is 4.66. The third-order valence-corrected chi connectivity index (χ3v) is 6.67. The van der Waals surface area contributed by atoms with Gasteiger partial charge in [-0.15, -0.1) is 12.4 Å². The van der Waals surface area contributed by atoms with E-state index in [1.165, 1.54) is 33.2 Å². The van der Waals surface area contributed by atoms with Gasteiger partial charge in [0.05, 0.1) is 13.7 Å². The van der Waals surface area contributed by atoms with Crippen LogP contribution in [0.25, 0.3) is 22.0 Å². The van der Waals surface area contributed by atoms with E-state index in [1.807, 2.05) is 30.3 Å². The van der Waals surface area contributed by atoms with Gasteiger partial charge >= 0.3 is 0 Å². The number of aromatic hydroxyl groups is 1. The predicted molar refractivity (Wildman–Crippen MR) is 157 cm³/mol. The first-order valence-corrected chi connectivity index (χ1v) is 12.6. The lowest BCUT2D eigenvalue weighted by Gasteiger charge is -2.09. The molecule has 5 aromatic rings. The Labute approximate surface area is 229 Å². The summed E-state index contributed by atoms with van der Waals surface area (Å²) in [5.41, 5.74) is 13.1. The van der Waals surface area contributed by atoms with Crippen molar-refractivity contribution in [2.45, 2.75) is 19.4 Å². The molecule has 1 aromatic heterocycles. The maximum atomic E-state index is 9.46. The molecule has 0 aliphatic heterocycles. The smallest absolute Gasteiger partial charge is 0.120 e. The Morgan fingerprint density at radius 3 is 2.05 bits per heavy atom. The Morgan fingerprint density at radius 2 is 1.39 bits per heavy atom. The van der Waals surface area contributed by atoms with Crippen LogP contribution in [-0.4, -0.2) is 29.9 Å². The van der Waals surface area contributed by atoms with Crippen LogP contribution in [0.5, 0.6) is 17.2 Å². The second-order valence-electron chi connectivity index (χ2n) is 9.19. The molecule has 3 N–H and O–H groups in total. The van der Waals surface area contributed by atoms with Gasteiger partial charge in [-0.1, -0.05) is 48.5 Å². The van der Waals surface area contributed by atoms with E-state index in [2.05, 4.69) is 59.3 Å². The fraction of sp³-hybridized carbons (Fsp3) is 0.188. The zero-order valence-electron chi connectivity index (χ0n) is 21.5. The second kappa shape index (κ2) is 12.5.